The van der Waals surface area contributed by atoms with Crippen molar-refractivity contribution in [3.05, 3.63) is 71.9 Å². The fraction of sp³-hybridized carbons (Fsp3) is 0.393. The lowest BCUT2D eigenvalue weighted by atomic mass is 9.91. The van der Waals surface area contributed by atoms with Crippen molar-refractivity contribution in [2.45, 2.75) is 59.1 Å². The molecule has 1 aliphatic heterocycles. The third kappa shape index (κ3) is 4.90. The first-order chi connectivity index (χ1) is 17.4. The van der Waals surface area contributed by atoms with Gasteiger partial charge in [-0.3, -0.25) is 9.38 Å². The van der Waals surface area contributed by atoms with Crippen LogP contribution < -0.4 is 9.64 Å². The monoisotopic (exact) mass is 491 g/mol. The zero-order chi connectivity index (χ0) is 25.2. The highest BCUT2D eigenvalue weighted by atomic mass is 19.3. The Morgan fingerprint density at radius 2 is 1.94 bits per heavy atom. The number of rotatable bonds is 7. The van der Waals surface area contributed by atoms with Gasteiger partial charge in [-0.1, -0.05) is 32.0 Å². The predicted octanol–water partition coefficient (Wildman–Crippen LogP) is 6.31. The Bertz CT molecular complexity index is 1340. The summed E-state index contributed by atoms with van der Waals surface area (Å²) in [7, 11) is 0. The summed E-state index contributed by atoms with van der Waals surface area (Å²) in [6.07, 6.45) is 9.46. The molecule has 0 radical (unpaired) electrons. The molecule has 4 heterocycles. The number of fused-ring (bicyclic) bond motifs is 1. The highest BCUT2D eigenvalue weighted by molar-refractivity contribution is 5.61. The van der Waals surface area contributed by atoms with Gasteiger partial charge in [0.25, 0.3) is 0 Å². The molecule has 2 unspecified atom stereocenters. The van der Waals surface area contributed by atoms with Gasteiger partial charge < -0.3 is 9.64 Å². The Hall–Kier alpha value is -3.55. The van der Waals surface area contributed by atoms with Crippen LogP contribution in [0.4, 0.5) is 14.6 Å². The van der Waals surface area contributed by atoms with Crippen LogP contribution in [0.1, 0.15) is 50.1 Å². The van der Waals surface area contributed by atoms with Crippen LogP contribution in [0.3, 0.4) is 0 Å². The topological polar surface area (TPSA) is 55.6 Å². The van der Waals surface area contributed by atoms with E-state index in [1.54, 1.807) is 24.4 Å². The van der Waals surface area contributed by atoms with E-state index in [0.717, 1.165) is 47.3 Å². The Morgan fingerprint density at radius 1 is 1.11 bits per heavy atom. The van der Waals surface area contributed by atoms with Gasteiger partial charge in [0.15, 0.2) is 5.65 Å². The third-order valence-electron chi connectivity index (χ3n) is 7.14. The van der Waals surface area contributed by atoms with Crippen LogP contribution in [-0.2, 0) is 6.42 Å². The summed E-state index contributed by atoms with van der Waals surface area (Å²) in [4.78, 5) is 16.5. The number of piperidine rings is 1. The second-order valence-corrected chi connectivity index (χ2v) is 9.60. The standard InChI is InChI=1S/C28H31F2N5O/c1-4-22-13-18(2)11-12-34(22)26-10-9-21(15-32-26)23-17-35-24(19(3)33-27(35)16-31-23)14-20-7-5-6-8-25(20)36-28(29)30/h5-10,15-18,22,28H,4,11-14H2,1-3H3. The van der Waals surface area contributed by atoms with E-state index >= 15 is 0 Å². The molecule has 6 nitrogen and oxygen atoms in total. The Morgan fingerprint density at radius 3 is 2.69 bits per heavy atom. The highest BCUT2D eigenvalue weighted by Gasteiger charge is 2.26. The minimum atomic E-state index is -2.87. The normalized spacial score (nSPS) is 18.2. The number of ether oxygens (including phenoxy) is 1. The van der Waals surface area contributed by atoms with Crippen molar-refractivity contribution in [3.8, 4) is 17.0 Å². The van der Waals surface area contributed by atoms with E-state index in [4.69, 9.17) is 9.72 Å². The van der Waals surface area contributed by atoms with Crippen molar-refractivity contribution in [2.75, 3.05) is 11.4 Å². The van der Waals surface area contributed by atoms with E-state index in [-0.39, 0.29) is 5.75 Å². The smallest absolute Gasteiger partial charge is 0.387 e. The number of aryl methyl sites for hydroxylation is 1. The molecule has 1 aromatic carbocycles. The van der Waals surface area contributed by atoms with Gasteiger partial charge in [0.05, 0.1) is 23.3 Å². The molecule has 1 aliphatic rings. The Kier molecular flexibility index (Phi) is 6.85. The van der Waals surface area contributed by atoms with Gasteiger partial charge in [-0.25, -0.2) is 9.97 Å². The van der Waals surface area contributed by atoms with Crippen LogP contribution in [-0.4, -0.2) is 38.6 Å². The number of anilines is 1. The van der Waals surface area contributed by atoms with Gasteiger partial charge in [0.1, 0.15) is 11.6 Å². The summed E-state index contributed by atoms with van der Waals surface area (Å²) in [6.45, 7) is 4.64. The van der Waals surface area contributed by atoms with Crippen LogP contribution in [0.15, 0.2) is 55.0 Å². The number of alkyl halides is 2. The quantitative estimate of drug-likeness (QED) is 0.303. The molecule has 0 spiro atoms. The van der Waals surface area contributed by atoms with Gasteiger partial charge in [-0.05, 0) is 50.3 Å². The number of hydrogen-bond acceptors (Lipinski definition) is 5. The van der Waals surface area contributed by atoms with E-state index in [0.29, 0.717) is 23.7 Å². The number of imidazole rings is 1. The SMILES string of the molecule is CCC1CC(C)CCN1c1ccc(-c2cn3c(Cc4ccccc4OC(F)F)c(C)nc3cn2)cn1. The Balaban J connectivity index is 1.44. The first kappa shape index (κ1) is 24.2. The van der Waals surface area contributed by atoms with Crippen molar-refractivity contribution in [3.63, 3.8) is 0 Å². The second kappa shape index (κ2) is 10.2. The van der Waals surface area contributed by atoms with E-state index in [2.05, 4.69) is 40.8 Å². The average molecular weight is 492 g/mol. The maximum Gasteiger partial charge on any atom is 0.387 e. The summed E-state index contributed by atoms with van der Waals surface area (Å²) in [5.41, 5.74) is 4.79. The highest BCUT2D eigenvalue weighted by Crippen LogP contribution is 2.30. The van der Waals surface area contributed by atoms with E-state index in [9.17, 15) is 8.78 Å². The fourth-order valence-corrected chi connectivity index (χ4v) is 5.17. The van der Waals surface area contributed by atoms with Crippen LogP contribution >= 0.6 is 0 Å². The van der Waals surface area contributed by atoms with Gasteiger partial charge >= 0.3 is 6.61 Å². The molecule has 4 aromatic rings. The zero-order valence-corrected chi connectivity index (χ0v) is 20.9. The van der Waals surface area contributed by atoms with Gasteiger partial charge in [-0.2, -0.15) is 8.78 Å². The summed E-state index contributed by atoms with van der Waals surface area (Å²) in [6, 6.07) is 11.5. The molecule has 0 N–H and O–H groups in total. The van der Waals surface area contributed by atoms with Crippen LogP contribution in [0, 0.1) is 12.8 Å². The first-order valence-corrected chi connectivity index (χ1v) is 12.5. The van der Waals surface area contributed by atoms with Crippen molar-refractivity contribution in [1.29, 1.82) is 0 Å². The molecule has 2 atom stereocenters. The third-order valence-corrected chi connectivity index (χ3v) is 7.14. The molecule has 0 aliphatic carbocycles. The number of aromatic nitrogens is 4. The lowest BCUT2D eigenvalue weighted by molar-refractivity contribution is -0.0503. The summed E-state index contributed by atoms with van der Waals surface area (Å²) >= 11 is 0. The number of hydrogen-bond donors (Lipinski definition) is 0. The minimum absolute atomic E-state index is 0.174. The maximum absolute atomic E-state index is 12.9. The molecule has 8 heteroatoms. The fourth-order valence-electron chi connectivity index (χ4n) is 5.17. The van der Waals surface area contributed by atoms with E-state index in [1.165, 1.54) is 12.8 Å². The number of benzene rings is 1. The van der Waals surface area contributed by atoms with Crippen molar-refractivity contribution < 1.29 is 13.5 Å². The molecule has 1 fully saturated rings. The van der Waals surface area contributed by atoms with Gasteiger partial charge in [0, 0.05) is 42.5 Å². The van der Waals surface area contributed by atoms with E-state index < -0.39 is 6.61 Å². The van der Waals surface area contributed by atoms with Crippen LogP contribution in [0.5, 0.6) is 5.75 Å². The average Bonchev–Trinajstić information content (AvgIpc) is 3.19. The van der Waals surface area contributed by atoms with E-state index in [1.807, 2.05) is 29.8 Å². The number of nitrogens with zero attached hydrogens (tertiary/aromatic N) is 5. The lowest BCUT2D eigenvalue weighted by Gasteiger charge is -2.39. The molecule has 0 amide bonds. The lowest BCUT2D eigenvalue weighted by Crippen LogP contribution is -2.42. The number of halogens is 2. The molecular weight excluding hydrogens is 460 g/mol. The molecule has 3 aromatic heterocycles. The second-order valence-electron chi connectivity index (χ2n) is 9.60. The molecule has 0 bridgehead atoms. The number of para-hydroxylation sites is 1. The maximum atomic E-state index is 12.9. The summed E-state index contributed by atoms with van der Waals surface area (Å²) < 4.78 is 32.5. The first-order valence-electron chi connectivity index (χ1n) is 12.5. The molecular formula is C28H31F2N5O. The predicted molar refractivity (Wildman–Crippen MR) is 137 cm³/mol. The summed E-state index contributed by atoms with van der Waals surface area (Å²) in [5.74, 6) is 1.94. The van der Waals surface area contributed by atoms with Gasteiger partial charge in [0.2, 0.25) is 0 Å². The molecule has 0 saturated carbocycles. The number of pyridine rings is 1. The molecule has 1 saturated heterocycles. The van der Waals surface area contributed by atoms with Crippen molar-refractivity contribution >= 4 is 11.5 Å². The minimum Gasteiger partial charge on any atom is -0.435 e. The largest absolute Gasteiger partial charge is 0.435 e. The Labute approximate surface area is 210 Å². The van der Waals surface area contributed by atoms with Crippen molar-refractivity contribution in [1.82, 2.24) is 19.4 Å². The zero-order valence-electron chi connectivity index (χ0n) is 20.9. The molecule has 5 rings (SSSR count). The molecule has 188 valence electrons. The summed E-state index contributed by atoms with van der Waals surface area (Å²) in [5, 5.41) is 0. The van der Waals surface area contributed by atoms with Crippen LogP contribution in [0.25, 0.3) is 16.9 Å². The molecule has 36 heavy (non-hydrogen) atoms. The van der Waals surface area contributed by atoms with Crippen LogP contribution in [0.2, 0.25) is 0 Å². The van der Waals surface area contributed by atoms with Gasteiger partial charge in [-0.15, -0.1) is 0 Å². The van der Waals surface area contributed by atoms with Crippen molar-refractivity contribution in [2.24, 2.45) is 5.92 Å².